The largest absolute Gasteiger partial charge is 0.369 e. The third-order valence-electron chi connectivity index (χ3n) is 6.02. The molecule has 1 aromatic heterocycles. The van der Waals surface area contributed by atoms with Crippen LogP contribution in [-0.4, -0.2) is 45.3 Å². The summed E-state index contributed by atoms with van der Waals surface area (Å²) in [4.78, 5) is 15.7. The van der Waals surface area contributed by atoms with E-state index in [0.717, 1.165) is 47.6 Å². The number of rotatable bonds is 10. The predicted molar refractivity (Wildman–Crippen MR) is 157 cm³/mol. The standard InChI is InChI=1S/C30H45N7O/c1-20(2)17-37(18-21(3)4)26-15-14-22(23-12-10-11-13-24(23)27-33-35-36-34-27)16-25(26)31-28(38)32-30(8,9)19-29(5,6)7/h10-16,20-21H,17-19H2,1-9H3,(H2,31,32,38)(H,33,34,35,36). The van der Waals surface area contributed by atoms with E-state index in [9.17, 15) is 4.79 Å². The monoisotopic (exact) mass is 519 g/mol. The first kappa shape index (κ1) is 29.1. The van der Waals surface area contributed by atoms with Gasteiger partial charge in [-0.3, -0.25) is 0 Å². The van der Waals surface area contributed by atoms with Crippen molar-refractivity contribution in [2.45, 2.75) is 74.3 Å². The second-order valence-electron chi connectivity index (χ2n) is 12.9. The highest BCUT2D eigenvalue weighted by Gasteiger charge is 2.27. The number of urea groups is 1. The van der Waals surface area contributed by atoms with Gasteiger partial charge in [0.05, 0.1) is 11.4 Å². The molecule has 0 unspecified atom stereocenters. The first-order valence-corrected chi connectivity index (χ1v) is 13.6. The predicted octanol–water partition coefficient (Wildman–Crippen LogP) is 6.99. The summed E-state index contributed by atoms with van der Waals surface area (Å²) in [6.07, 6.45) is 0.853. The van der Waals surface area contributed by atoms with E-state index < -0.39 is 0 Å². The lowest BCUT2D eigenvalue weighted by Gasteiger charge is -2.34. The Labute approximate surface area is 228 Å². The Morgan fingerprint density at radius 2 is 1.58 bits per heavy atom. The fourth-order valence-electron chi connectivity index (χ4n) is 5.28. The minimum absolute atomic E-state index is 0.0897. The second kappa shape index (κ2) is 12.0. The smallest absolute Gasteiger partial charge is 0.319 e. The molecule has 0 atom stereocenters. The number of hydrogen-bond donors (Lipinski definition) is 3. The number of carbonyl (C=O) groups excluding carboxylic acids is 1. The van der Waals surface area contributed by atoms with E-state index in [1.165, 1.54) is 0 Å². The van der Waals surface area contributed by atoms with Crippen LogP contribution in [0.2, 0.25) is 0 Å². The molecule has 0 aliphatic rings. The van der Waals surface area contributed by atoms with Crippen molar-refractivity contribution in [1.29, 1.82) is 0 Å². The van der Waals surface area contributed by atoms with Crippen LogP contribution in [0.25, 0.3) is 22.5 Å². The second-order valence-corrected chi connectivity index (χ2v) is 12.9. The summed E-state index contributed by atoms with van der Waals surface area (Å²) >= 11 is 0. The highest BCUT2D eigenvalue weighted by atomic mass is 16.2. The maximum absolute atomic E-state index is 13.4. The lowest BCUT2D eigenvalue weighted by Crippen LogP contribution is -2.47. The first-order valence-electron chi connectivity index (χ1n) is 13.6. The van der Waals surface area contributed by atoms with Crippen molar-refractivity contribution in [2.24, 2.45) is 17.3 Å². The maximum Gasteiger partial charge on any atom is 0.319 e. The number of nitrogens with one attached hydrogen (secondary N) is 3. The summed E-state index contributed by atoms with van der Waals surface area (Å²) < 4.78 is 0. The Hall–Kier alpha value is -3.42. The number of aromatic amines is 1. The minimum atomic E-state index is -0.360. The van der Waals surface area contributed by atoms with E-state index >= 15 is 0 Å². The van der Waals surface area contributed by atoms with Gasteiger partial charge in [0, 0.05) is 24.2 Å². The summed E-state index contributed by atoms with van der Waals surface area (Å²) in [6.45, 7) is 21.4. The quantitative estimate of drug-likeness (QED) is 0.268. The zero-order valence-corrected chi connectivity index (χ0v) is 24.5. The van der Waals surface area contributed by atoms with Crippen LogP contribution in [0.5, 0.6) is 0 Å². The molecule has 38 heavy (non-hydrogen) atoms. The van der Waals surface area contributed by atoms with E-state index in [1.54, 1.807) is 0 Å². The third-order valence-corrected chi connectivity index (χ3v) is 6.02. The van der Waals surface area contributed by atoms with Crippen molar-refractivity contribution in [2.75, 3.05) is 23.3 Å². The van der Waals surface area contributed by atoms with Crippen LogP contribution in [0.15, 0.2) is 42.5 Å². The molecule has 1 heterocycles. The van der Waals surface area contributed by atoms with E-state index in [2.05, 4.69) is 117 Å². The summed E-state index contributed by atoms with van der Waals surface area (Å²) in [5.74, 6) is 1.54. The number of carbonyl (C=O) groups is 1. The van der Waals surface area contributed by atoms with Gasteiger partial charge in [-0.1, -0.05) is 78.8 Å². The van der Waals surface area contributed by atoms with Crippen molar-refractivity contribution in [3.05, 3.63) is 42.5 Å². The molecular weight excluding hydrogens is 474 g/mol. The molecule has 8 heteroatoms. The van der Waals surface area contributed by atoms with Gasteiger partial charge in [-0.05, 0) is 71.2 Å². The molecule has 0 saturated heterocycles. The number of amides is 2. The molecule has 2 aromatic carbocycles. The van der Waals surface area contributed by atoms with Gasteiger partial charge in [-0.25, -0.2) is 9.89 Å². The van der Waals surface area contributed by atoms with E-state index in [0.29, 0.717) is 17.7 Å². The molecule has 206 valence electrons. The van der Waals surface area contributed by atoms with Gasteiger partial charge in [0.25, 0.3) is 0 Å². The summed E-state index contributed by atoms with van der Waals surface area (Å²) in [6, 6.07) is 14.1. The average molecular weight is 520 g/mol. The normalized spacial score (nSPS) is 12.2. The summed E-state index contributed by atoms with van der Waals surface area (Å²) in [7, 11) is 0. The zero-order valence-electron chi connectivity index (χ0n) is 24.5. The minimum Gasteiger partial charge on any atom is -0.369 e. The number of nitrogens with zero attached hydrogens (tertiary/aromatic N) is 4. The summed E-state index contributed by atoms with van der Waals surface area (Å²) in [5.41, 5.74) is 4.37. The number of H-pyrrole nitrogens is 1. The fraction of sp³-hybridized carbons (Fsp3) is 0.533. The van der Waals surface area contributed by atoms with Crippen LogP contribution in [0.4, 0.5) is 16.2 Å². The van der Waals surface area contributed by atoms with Crippen molar-refractivity contribution < 1.29 is 4.79 Å². The molecule has 0 bridgehead atoms. The fourth-order valence-corrected chi connectivity index (χ4v) is 5.28. The van der Waals surface area contributed by atoms with Gasteiger partial charge < -0.3 is 15.5 Å². The van der Waals surface area contributed by atoms with Gasteiger partial charge in [-0.2, -0.15) is 0 Å². The lowest BCUT2D eigenvalue weighted by molar-refractivity contribution is 0.220. The molecule has 0 aliphatic carbocycles. The van der Waals surface area contributed by atoms with Gasteiger partial charge in [-0.15, -0.1) is 5.10 Å². The Bertz CT molecular complexity index is 1180. The highest BCUT2D eigenvalue weighted by molar-refractivity contribution is 5.95. The molecule has 2 amide bonds. The maximum atomic E-state index is 13.4. The zero-order chi connectivity index (χ0) is 28.1. The number of aromatic nitrogens is 4. The lowest BCUT2D eigenvalue weighted by atomic mass is 9.82. The summed E-state index contributed by atoms with van der Waals surface area (Å²) in [5, 5.41) is 20.9. The molecule has 0 fully saturated rings. The van der Waals surface area contributed by atoms with Crippen molar-refractivity contribution >= 4 is 17.4 Å². The molecule has 3 rings (SSSR count). The molecular formula is C30H45N7O. The molecule has 0 saturated carbocycles. The molecule has 3 aromatic rings. The van der Waals surface area contributed by atoms with Crippen LogP contribution in [0.1, 0.15) is 68.7 Å². The Morgan fingerprint density at radius 3 is 2.13 bits per heavy atom. The van der Waals surface area contributed by atoms with E-state index in [1.807, 2.05) is 24.3 Å². The van der Waals surface area contributed by atoms with Gasteiger partial charge in [0.15, 0.2) is 5.82 Å². The number of hydrogen-bond acceptors (Lipinski definition) is 5. The molecule has 8 nitrogen and oxygen atoms in total. The SMILES string of the molecule is CC(C)CN(CC(C)C)c1ccc(-c2ccccc2-c2nnn[nH]2)cc1NC(=O)NC(C)(C)CC(C)(C)C. The van der Waals surface area contributed by atoms with Crippen LogP contribution in [0, 0.1) is 17.3 Å². The van der Waals surface area contributed by atoms with E-state index in [4.69, 9.17) is 0 Å². The van der Waals surface area contributed by atoms with Crippen LogP contribution >= 0.6 is 0 Å². The van der Waals surface area contributed by atoms with Gasteiger partial charge >= 0.3 is 6.03 Å². The van der Waals surface area contributed by atoms with Gasteiger partial charge in [0.1, 0.15) is 0 Å². The Balaban J connectivity index is 2.05. The Morgan fingerprint density at radius 1 is 0.947 bits per heavy atom. The van der Waals surface area contributed by atoms with Crippen LogP contribution < -0.4 is 15.5 Å². The topological polar surface area (TPSA) is 98.8 Å². The molecule has 0 aliphatic heterocycles. The van der Waals surface area contributed by atoms with Gasteiger partial charge in [0.2, 0.25) is 0 Å². The third kappa shape index (κ3) is 8.30. The molecule has 3 N–H and O–H groups in total. The van der Waals surface area contributed by atoms with Crippen molar-refractivity contribution in [1.82, 2.24) is 25.9 Å². The van der Waals surface area contributed by atoms with Crippen LogP contribution in [0.3, 0.4) is 0 Å². The van der Waals surface area contributed by atoms with Crippen molar-refractivity contribution in [3.8, 4) is 22.5 Å². The highest BCUT2D eigenvalue weighted by Crippen LogP contribution is 2.36. The number of anilines is 2. The number of tetrazole rings is 1. The number of benzene rings is 2. The molecule has 0 radical (unpaired) electrons. The van der Waals surface area contributed by atoms with Crippen molar-refractivity contribution in [3.63, 3.8) is 0 Å². The first-order chi connectivity index (χ1) is 17.7. The average Bonchev–Trinajstić information content (AvgIpc) is 3.30. The van der Waals surface area contributed by atoms with Crippen LogP contribution in [-0.2, 0) is 0 Å². The van der Waals surface area contributed by atoms with E-state index in [-0.39, 0.29) is 17.0 Å². The molecule has 0 spiro atoms. The Kier molecular flexibility index (Phi) is 9.18.